The first-order valence-electron chi connectivity index (χ1n) is 12.8. The van der Waals surface area contributed by atoms with Crippen LogP contribution in [0, 0.1) is 0 Å². The lowest BCUT2D eigenvalue weighted by Gasteiger charge is -2.32. The summed E-state index contributed by atoms with van der Waals surface area (Å²) in [4.78, 5) is 11.6. The molecule has 1 saturated heterocycles. The molecule has 5 aromatic rings. The van der Waals surface area contributed by atoms with Crippen LogP contribution in [-0.2, 0) is 13.1 Å². The summed E-state index contributed by atoms with van der Waals surface area (Å²) >= 11 is 0. The van der Waals surface area contributed by atoms with Gasteiger partial charge in [-0.15, -0.1) is 0 Å². The zero-order chi connectivity index (χ0) is 24.3. The molecule has 1 N–H and O–H groups in total. The zero-order valence-electron chi connectivity index (χ0n) is 20.7. The van der Waals surface area contributed by atoms with Gasteiger partial charge >= 0.3 is 0 Å². The van der Waals surface area contributed by atoms with E-state index in [-0.39, 0.29) is 0 Å². The predicted octanol–water partition coefficient (Wildman–Crippen LogP) is 5.69. The van der Waals surface area contributed by atoms with Crippen molar-refractivity contribution in [3.63, 3.8) is 0 Å². The number of hydrogen-bond acceptors (Lipinski definition) is 4. The van der Waals surface area contributed by atoms with Crippen molar-refractivity contribution in [2.75, 3.05) is 25.5 Å². The van der Waals surface area contributed by atoms with Crippen molar-refractivity contribution in [1.82, 2.24) is 24.0 Å². The number of rotatable bonds is 7. The Bertz CT molecular complexity index is 1410. The van der Waals surface area contributed by atoms with E-state index in [4.69, 9.17) is 4.98 Å². The quantitative estimate of drug-likeness (QED) is 0.328. The molecule has 0 saturated carbocycles. The van der Waals surface area contributed by atoms with Crippen LogP contribution in [0.15, 0.2) is 91.8 Å². The van der Waals surface area contributed by atoms with E-state index in [9.17, 15) is 0 Å². The minimum atomic E-state index is 0.583. The fourth-order valence-corrected chi connectivity index (χ4v) is 5.29. The summed E-state index contributed by atoms with van der Waals surface area (Å²) in [5.74, 6) is 0.583. The maximum Gasteiger partial charge on any atom is 0.140 e. The summed E-state index contributed by atoms with van der Waals surface area (Å²) in [6, 6.07) is 22.0. The van der Waals surface area contributed by atoms with Gasteiger partial charge < -0.3 is 14.5 Å². The normalized spacial score (nSPS) is 14.9. The molecule has 0 radical (unpaired) electrons. The maximum absolute atomic E-state index is 4.89. The fraction of sp³-hybridized carbons (Fsp3) is 0.267. The van der Waals surface area contributed by atoms with Crippen LogP contribution in [-0.4, -0.2) is 44.1 Å². The highest BCUT2D eigenvalue weighted by Crippen LogP contribution is 2.30. The third-order valence-electron chi connectivity index (χ3n) is 7.42. The number of pyridine rings is 1. The van der Waals surface area contributed by atoms with Gasteiger partial charge in [-0.2, -0.15) is 0 Å². The fourth-order valence-electron chi connectivity index (χ4n) is 5.29. The van der Waals surface area contributed by atoms with Crippen molar-refractivity contribution >= 4 is 16.7 Å². The number of imidazole rings is 1. The number of hydrogen-bond donors (Lipinski definition) is 1. The van der Waals surface area contributed by atoms with Gasteiger partial charge in [-0.1, -0.05) is 24.3 Å². The summed E-state index contributed by atoms with van der Waals surface area (Å²) in [5.41, 5.74) is 7.37. The molecule has 2 aromatic carbocycles. The molecule has 0 aliphatic carbocycles. The van der Waals surface area contributed by atoms with Crippen LogP contribution in [0.3, 0.4) is 0 Å². The Kier molecular flexibility index (Phi) is 6.26. The molecule has 0 spiro atoms. The lowest BCUT2D eigenvalue weighted by molar-refractivity contribution is 0.204. The number of likely N-dealkylation sites (tertiary alicyclic amines) is 1. The summed E-state index contributed by atoms with van der Waals surface area (Å²) in [6.07, 6.45) is 12.3. The second kappa shape index (κ2) is 9.99. The first kappa shape index (κ1) is 22.6. The van der Waals surface area contributed by atoms with E-state index in [1.807, 2.05) is 30.3 Å². The molecule has 1 fully saturated rings. The van der Waals surface area contributed by atoms with Gasteiger partial charge in [0.1, 0.15) is 5.65 Å². The van der Waals surface area contributed by atoms with Crippen LogP contribution in [0.2, 0.25) is 0 Å². The Balaban J connectivity index is 1.07. The van der Waals surface area contributed by atoms with Gasteiger partial charge in [0.25, 0.3) is 0 Å². The van der Waals surface area contributed by atoms with E-state index >= 15 is 0 Å². The molecular formula is C30H32N6. The SMILES string of the molecule is CNc1ccc(Cn2ccc3cc(C4CCN(Cc5ccc(-n6ccnc6)cc5)CC4)cnc32)cc1. The van der Waals surface area contributed by atoms with Gasteiger partial charge in [0, 0.05) is 61.7 Å². The summed E-state index contributed by atoms with van der Waals surface area (Å²) < 4.78 is 4.28. The zero-order valence-corrected chi connectivity index (χ0v) is 20.7. The molecule has 6 rings (SSSR count). The molecule has 6 heteroatoms. The highest BCUT2D eigenvalue weighted by atomic mass is 15.1. The number of benzene rings is 2. The second-order valence-corrected chi connectivity index (χ2v) is 9.76. The van der Waals surface area contributed by atoms with E-state index in [1.54, 1.807) is 0 Å². The van der Waals surface area contributed by atoms with Crippen molar-refractivity contribution in [2.45, 2.75) is 31.8 Å². The number of anilines is 1. The van der Waals surface area contributed by atoms with Crippen LogP contribution in [0.1, 0.15) is 35.4 Å². The van der Waals surface area contributed by atoms with E-state index in [2.05, 4.69) is 92.8 Å². The minimum Gasteiger partial charge on any atom is -0.388 e. The number of nitrogens with zero attached hydrogens (tertiary/aromatic N) is 5. The molecule has 1 aliphatic rings. The van der Waals surface area contributed by atoms with E-state index in [0.717, 1.165) is 43.2 Å². The number of fused-ring (bicyclic) bond motifs is 1. The molecule has 36 heavy (non-hydrogen) atoms. The summed E-state index contributed by atoms with van der Waals surface area (Å²) in [7, 11) is 1.95. The average molecular weight is 477 g/mol. The van der Waals surface area contributed by atoms with Crippen molar-refractivity contribution < 1.29 is 0 Å². The van der Waals surface area contributed by atoms with Crippen LogP contribution in [0.25, 0.3) is 16.7 Å². The topological polar surface area (TPSA) is 50.9 Å². The van der Waals surface area contributed by atoms with Gasteiger partial charge in [-0.25, -0.2) is 9.97 Å². The van der Waals surface area contributed by atoms with Gasteiger partial charge in [-0.3, -0.25) is 4.90 Å². The molecule has 0 unspecified atom stereocenters. The Morgan fingerprint density at radius 2 is 1.64 bits per heavy atom. The third-order valence-corrected chi connectivity index (χ3v) is 7.42. The van der Waals surface area contributed by atoms with Gasteiger partial charge in [0.05, 0.1) is 6.33 Å². The highest BCUT2D eigenvalue weighted by Gasteiger charge is 2.21. The molecule has 6 nitrogen and oxygen atoms in total. The van der Waals surface area contributed by atoms with Crippen molar-refractivity contribution in [3.8, 4) is 5.69 Å². The molecule has 3 aromatic heterocycles. The predicted molar refractivity (Wildman–Crippen MR) is 146 cm³/mol. The first-order valence-corrected chi connectivity index (χ1v) is 12.8. The Morgan fingerprint density at radius 3 is 2.36 bits per heavy atom. The summed E-state index contributed by atoms with van der Waals surface area (Å²) in [6.45, 7) is 4.08. The number of nitrogens with one attached hydrogen (secondary N) is 1. The Morgan fingerprint density at radius 1 is 0.889 bits per heavy atom. The van der Waals surface area contributed by atoms with E-state index in [0.29, 0.717) is 5.92 Å². The van der Waals surface area contributed by atoms with Crippen molar-refractivity contribution in [3.05, 3.63) is 108 Å². The maximum atomic E-state index is 4.89. The molecule has 182 valence electrons. The smallest absolute Gasteiger partial charge is 0.140 e. The largest absolute Gasteiger partial charge is 0.388 e. The Labute approximate surface area is 212 Å². The van der Waals surface area contributed by atoms with Gasteiger partial charge in [0.15, 0.2) is 0 Å². The molecule has 0 atom stereocenters. The Hall–Kier alpha value is -3.90. The van der Waals surface area contributed by atoms with Crippen LogP contribution in [0.4, 0.5) is 5.69 Å². The van der Waals surface area contributed by atoms with Crippen molar-refractivity contribution in [2.24, 2.45) is 0 Å². The second-order valence-electron chi connectivity index (χ2n) is 9.76. The third kappa shape index (κ3) is 4.77. The molecule has 0 amide bonds. The van der Waals surface area contributed by atoms with Crippen LogP contribution >= 0.6 is 0 Å². The first-order chi connectivity index (χ1) is 17.7. The van der Waals surface area contributed by atoms with Gasteiger partial charge in [-0.05, 0) is 84.9 Å². The molecule has 4 heterocycles. The van der Waals surface area contributed by atoms with Gasteiger partial charge in [0.2, 0.25) is 0 Å². The average Bonchev–Trinajstić information content (AvgIpc) is 3.61. The lowest BCUT2D eigenvalue weighted by Crippen LogP contribution is -2.32. The lowest BCUT2D eigenvalue weighted by atomic mass is 9.90. The minimum absolute atomic E-state index is 0.583. The number of piperidine rings is 1. The molecule has 0 bridgehead atoms. The van der Waals surface area contributed by atoms with Crippen LogP contribution in [0.5, 0.6) is 0 Å². The summed E-state index contributed by atoms with van der Waals surface area (Å²) in [5, 5.41) is 4.41. The van der Waals surface area contributed by atoms with E-state index < -0.39 is 0 Å². The van der Waals surface area contributed by atoms with Crippen LogP contribution < -0.4 is 5.32 Å². The highest BCUT2D eigenvalue weighted by molar-refractivity contribution is 5.77. The monoisotopic (exact) mass is 476 g/mol. The number of aromatic nitrogens is 4. The molecular weight excluding hydrogens is 444 g/mol. The van der Waals surface area contributed by atoms with E-state index in [1.165, 1.54) is 34.9 Å². The standard InChI is InChI=1S/C30H32N6/c1-31-28-6-2-24(3-7-28)21-35-16-12-26-18-27(19-33-30(26)35)25-10-14-34(15-11-25)20-23-4-8-29(9-5-23)36-17-13-32-22-36/h2-9,12-13,16-19,22,25,31H,10-11,14-15,20-21H2,1H3. The molecule has 1 aliphatic heterocycles. The van der Waals surface area contributed by atoms with Crippen molar-refractivity contribution in [1.29, 1.82) is 0 Å².